The molecule has 0 amide bonds. The van der Waals surface area contributed by atoms with Crippen LogP contribution in [0.2, 0.25) is 0 Å². The molecule has 0 unspecified atom stereocenters. The second-order valence-corrected chi connectivity index (χ2v) is 4.09. The lowest BCUT2D eigenvalue weighted by molar-refractivity contribution is 0.0859. The van der Waals surface area contributed by atoms with Crippen LogP contribution in [0.15, 0.2) is 18.3 Å². The zero-order valence-electron chi connectivity index (χ0n) is 10.1. The Labute approximate surface area is 96.9 Å². The normalized spacial score (nSPS) is 12.0. The molecule has 0 bridgehead atoms. The molecule has 1 rings (SSSR count). The topological polar surface area (TPSA) is 57.4 Å². The number of aliphatic hydroxyl groups excluding tert-OH is 2. The zero-order chi connectivity index (χ0) is 12.0. The zero-order valence-corrected chi connectivity index (χ0v) is 10.1. The van der Waals surface area contributed by atoms with Gasteiger partial charge in [-0.25, -0.2) is 0 Å². The summed E-state index contributed by atoms with van der Waals surface area (Å²) < 4.78 is 2.14. The van der Waals surface area contributed by atoms with Gasteiger partial charge in [0.15, 0.2) is 0 Å². The van der Waals surface area contributed by atoms with Crippen LogP contribution < -0.4 is 5.32 Å². The van der Waals surface area contributed by atoms with E-state index in [9.17, 15) is 10.2 Å². The maximum absolute atomic E-state index is 9.30. The van der Waals surface area contributed by atoms with Gasteiger partial charge in [-0.05, 0) is 25.5 Å². The van der Waals surface area contributed by atoms with Crippen molar-refractivity contribution in [2.45, 2.75) is 38.9 Å². The standard InChI is InChI=1S/C12H22N2O2/c1-3-12(9-15,10-16)13-8-11-6-5-7-14(11)4-2/h5-7,13,15-16H,3-4,8-10H2,1-2H3. The Bertz CT molecular complexity index is 297. The summed E-state index contributed by atoms with van der Waals surface area (Å²) in [6.07, 6.45) is 2.73. The van der Waals surface area contributed by atoms with E-state index in [2.05, 4.69) is 16.8 Å². The number of rotatable bonds is 7. The lowest BCUT2D eigenvalue weighted by Gasteiger charge is -2.30. The van der Waals surface area contributed by atoms with Crippen molar-refractivity contribution in [3.05, 3.63) is 24.0 Å². The van der Waals surface area contributed by atoms with Gasteiger partial charge >= 0.3 is 0 Å². The fourth-order valence-corrected chi connectivity index (χ4v) is 1.71. The van der Waals surface area contributed by atoms with Crippen molar-refractivity contribution < 1.29 is 10.2 Å². The number of hydrogen-bond acceptors (Lipinski definition) is 3. The van der Waals surface area contributed by atoms with Crippen LogP contribution in [0, 0.1) is 0 Å². The van der Waals surface area contributed by atoms with Gasteiger partial charge in [0.2, 0.25) is 0 Å². The fraction of sp³-hybridized carbons (Fsp3) is 0.667. The molecule has 0 spiro atoms. The highest BCUT2D eigenvalue weighted by molar-refractivity contribution is 5.07. The highest BCUT2D eigenvalue weighted by atomic mass is 16.3. The third-order valence-electron chi connectivity index (χ3n) is 3.19. The third kappa shape index (κ3) is 2.84. The average Bonchev–Trinajstić information content (AvgIpc) is 2.79. The highest BCUT2D eigenvalue weighted by Crippen LogP contribution is 2.10. The molecule has 4 heteroatoms. The lowest BCUT2D eigenvalue weighted by Crippen LogP contribution is -2.51. The smallest absolute Gasteiger partial charge is 0.0648 e. The molecule has 0 aliphatic carbocycles. The molecule has 0 aromatic carbocycles. The van der Waals surface area contributed by atoms with Gasteiger partial charge in [0.05, 0.1) is 18.8 Å². The first-order valence-corrected chi connectivity index (χ1v) is 5.82. The van der Waals surface area contributed by atoms with Crippen LogP contribution in [0.1, 0.15) is 26.0 Å². The van der Waals surface area contributed by atoms with Gasteiger partial charge < -0.3 is 20.1 Å². The maximum Gasteiger partial charge on any atom is 0.0648 e. The second-order valence-electron chi connectivity index (χ2n) is 4.09. The first kappa shape index (κ1) is 13.2. The number of aryl methyl sites for hydroxylation is 1. The Morgan fingerprint density at radius 3 is 2.50 bits per heavy atom. The van der Waals surface area contributed by atoms with Crippen LogP contribution in [-0.2, 0) is 13.1 Å². The average molecular weight is 226 g/mol. The van der Waals surface area contributed by atoms with E-state index in [0.717, 1.165) is 6.54 Å². The quantitative estimate of drug-likeness (QED) is 0.642. The summed E-state index contributed by atoms with van der Waals surface area (Å²) in [4.78, 5) is 0. The van der Waals surface area contributed by atoms with Crippen LogP contribution in [-0.4, -0.2) is 33.5 Å². The van der Waals surface area contributed by atoms with E-state index in [0.29, 0.717) is 13.0 Å². The van der Waals surface area contributed by atoms with Gasteiger partial charge in [-0.15, -0.1) is 0 Å². The first-order chi connectivity index (χ1) is 7.71. The molecule has 1 aromatic heterocycles. The summed E-state index contributed by atoms with van der Waals surface area (Å²) in [6, 6.07) is 4.05. The molecule has 3 N–H and O–H groups in total. The summed E-state index contributed by atoms with van der Waals surface area (Å²) in [5.41, 5.74) is 0.602. The number of hydrogen-bond donors (Lipinski definition) is 3. The van der Waals surface area contributed by atoms with E-state index >= 15 is 0 Å². The summed E-state index contributed by atoms with van der Waals surface area (Å²) in [7, 11) is 0. The lowest BCUT2D eigenvalue weighted by atomic mass is 9.98. The van der Waals surface area contributed by atoms with Crippen molar-refractivity contribution in [2.24, 2.45) is 0 Å². The Morgan fingerprint density at radius 1 is 1.31 bits per heavy atom. The Kier molecular flexibility index (Phi) is 4.99. The van der Waals surface area contributed by atoms with Crippen LogP contribution in [0.3, 0.4) is 0 Å². The van der Waals surface area contributed by atoms with Gasteiger partial charge in [-0.1, -0.05) is 6.92 Å². The summed E-state index contributed by atoms with van der Waals surface area (Å²) in [6.45, 7) is 5.55. The van der Waals surface area contributed by atoms with Crippen molar-refractivity contribution in [2.75, 3.05) is 13.2 Å². The molecule has 0 saturated carbocycles. The molecule has 92 valence electrons. The Hall–Kier alpha value is -0.840. The van der Waals surface area contributed by atoms with Crippen molar-refractivity contribution in [3.63, 3.8) is 0 Å². The minimum atomic E-state index is -0.567. The molecular formula is C12H22N2O2. The van der Waals surface area contributed by atoms with Crippen molar-refractivity contribution in [1.29, 1.82) is 0 Å². The number of nitrogens with zero attached hydrogens (tertiary/aromatic N) is 1. The Morgan fingerprint density at radius 2 is 2.00 bits per heavy atom. The van der Waals surface area contributed by atoms with E-state index in [-0.39, 0.29) is 13.2 Å². The van der Waals surface area contributed by atoms with E-state index in [1.54, 1.807) is 0 Å². The second kappa shape index (κ2) is 6.03. The molecule has 0 fully saturated rings. The van der Waals surface area contributed by atoms with Gasteiger partial charge in [0.25, 0.3) is 0 Å². The molecule has 0 atom stereocenters. The maximum atomic E-state index is 9.30. The molecule has 0 saturated heterocycles. The van der Waals surface area contributed by atoms with Crippen molar-refractivity contribution >= 4 is 0 Å². The van der Waals surface area contributed by atoms with Crippen LogP contribution >= 0.6 is 0 Å². The molecule has 0 radical (unpaired) electrons. The summed E-state index contributed by atoms with van der Waals surface area (Å²) in [5.74, 6) is 0. The number of aromatic nitrogens is 1. The number of aliphatic hydroxyl groups is 2. The van der Waals surface area contributed by atoms with E-state index in [4.69, 9.17) is 0 Å². The van der Waals surface area contributed by atoms with Gasteiger partial charge in [0, 0.05) is 25.0 Å². The molecule has 0 aliphatic rings. The van der Waals surface area contributed by atoms with Gasteiger partial charge in [-0.2, -0.15) is 0 Å². The minimum Gasteiger partial charge on any atom is -0.394 e. The van der Waals surface area contributed by atoms with Gasteiger partial charge in [-0.3, -0.25) is 0 Å². The molecule has 1 aromatic rings. The van der Waals surface area contributed by atoms with Gasteiger partial charge in [0.1, 0.15) is 0 Å². The van der Waals surface area contributed by atoms with Crippen LogP contribution in [0.25, 0.3) is 0 Å². The predicted molar refractivity (Wildman–Crippen MR) is 64.1 cm³/mol. The molecule has 1 heterocycles. The SMILES string of the molecule is CCn1cccc1CNC(CC)(CO)CO. The fourth-order valence-electron chi connectivity index (χ4n) is 1.71. The van der Waals surface area contributed by atoms with Crippen LogP contribution in [0.5, 0.6) is 0 Å². The molecule has 16 heavy (non-hydrogen) atoms. The monoisotopic (exact) mass is 226 g/mol. The van der Waals surface area contributed by atoms with E-state index in [1.807, 2.05) is 25.3 Å². The number of nitrogens with one attached hydrogen (secondary N) is 1. The minimum absolute atomic E-state index is 0.0488. The van der Waals surface area contributed by atoms with Crippen molar-refractivity contribution in [3.8, 4) is 0 Å². The van der Waals surface area contributed by atoms with E-state index in [1.165, 1.54) is 5.69 Å². The summed E-state index contributed by atoms with van der Waals surface area (Å²) >= 11 is 0. The largest absolute Gasteiger partial charge is 0.394 e. The molecular weight excluding hydrogens is 204 g/mol. The predicted octanol–water partition coefficient (Wildman–Crippen LogP) is 0.731. The highest BCUT2D eigenvalue weighted by Gasteiger charge is 2.25. The molecule has 0 aliphatic heterocycles. The van der Waals surface area contributed by atoms with E-state index < -0.39 is 5.54 Å². The Balaban J connectivity index is 2.62. The third-order valence-corrected chi connectivity index (χ3v) is 3.19. The van der Waals surface area contributed by atoms with Crippen molar-refractivity contribution in [1.82, 2.24) is 9.88 Å². The molecule has 4 nitrogen and oxygen atoms in total. The van der Waals surface area contributed by atoms with Crippen LogP contribution in [0.4, 0.5) is 0 Å². The first-order valence-electron chi connectivity index (χ1n) is 5.82. The summed E-state index contributed by atoms with van der Waals surface area (Å²) in [5, 5.41) is 21.8.